The van der Waals surface area contributed by atoms with Gasteiger partial charge < -0.3 is 4.90 Å². The van der Waals surface area contributed by atoms with Crippen molar-refractivity contribution in [2.24, 2.45) is 5.10 Å². The maximum Gasteiger partial charge on any atom is 0.281 e. The number of benzene rings is 1. The van der Waals surface area contributed by atoms with Crippen LogP contribution >= 0.6 is 11.3 Å². The highest BCUT2D eigenvalue weighted by Crippen LogP contribution is 2.46. The second kappa shape index (κ2) is 6.97. The van der Waals surface area contributed by atoms with Crippen molar-refractivity contribution in [3.63, 3.8) is 0 Å². The predicted octanol–water partition coefficient (Wildman–Crippen LogP) is 4.65. The van der Waals surface area contributed by atoms with Crippen LogP contribution < -0.4 is 10.3 Å². The summed E-state index contributed by atoms with van der Waals surface area (Å²) in [5.74, 6) is -0.119. The van der Waals surface area contributed by atoms with Crippen LogP contribution in [0.1, 0.15) is 52.4 Å². The molecule has 5 heteroatoms. The van der Waals surface area contributed by atoms with E-state index in [1.165, 1.54) is 34.5 Å². The molecule has 0 spiro atoms. The molecule has 2 heterocycles. The van der Waals surface area contributed by atoms with Gasteiger partial charge in [0.1, 0.15) is 0 Å². The van der Waals surface area contributed by atoms with E-state index in [-0.39, 0.29) is 11.3 Å². The maximum atomic E-state index is 12.4. The van der Waals surface area contributed by atoms with E-state index in [1.807, 2.05) is 12.1 Å². The number of carbonyl (C=O) groups is 1. The lowest BCUT2D eigenvalue weighted by molar-refractivity contribution is 0.0959. The van der Waals surface area contributed by atoms with E-state index in [1.54, 1.807) is 17.6 Å². The summed E-state index contributed by atoms with van der Waals surface area (Å²) in [6.45, 7) is 4.42. The summed E-state index contributed by atoms with van der Waals surface area (Å²) in [5.41, 5.74) is 7.61. The van der Waals surface area contributed by atoms with Gasteiger partial charge in [-0.3, -0.25) is 4.79 Å². The molecular formula is C22H25N3OS. The predicted molar refractivity (Wildman–Crippen MR) is 113 cm³/mol. The number of hydrazone groups is 1. The van der Waals surface area contributed by atoms with Crippen molar-refractivity contribution in [1.82, 2.24) is 5.43 Å². The molecule has 4 rings (SSSR count). The summed E-state index contributed by atoms with van der Waals surface area (Å²) in [7, 11) is 2.07. The smallest absolute Gasteiger partial charge is 0.281 e. The Morgan fingerprint density at radius 2 is 2.04 bits per heavy atom. The Balaban J connectivity index is 1.46. The molecule has 0 unspecified atom stereocenters. The molecule has 0 bridgehead atoms. The Morgan fingerprint density at radius 1 is 1.26 bits per heavy atom. The van der Waals surface area contributed by atoms with E-state index < -0.39 is 0 Å². The Bertz CT molecular complexity index is 915. The molecule has 1 aromatic heterocycles. The van der Waals surface area contributed by atoms with Crippen LogP contribution in [0, 0.1) is 0 Å². The molecular weight excluding hydrogens is 354 g/mol. The SMILES string of the molecule is CN1/C(=C/C=N\NC(=O)c2cc3c(s2)CCCC3)C(C)(C)c2ccccc21. The van der Waals surface area contributed by atoms with Crippen LogP contribution in [0.2, 0.25) is 0 Å². The number of fused-ring (bicyclic) bond motifs is 2. The number of amides is 1. The Morgan fingerprint density at radius 3 is 2.81 bits per heavy atom. The van der Waals surface area contributed by atoms with E-state index >= 15 is 0 Å². The van der Waals surface area contributed by atoms with Gasteiger partial charge in [-0.15, -0.1) is 11.3 Å². The zero-order valence-electron chi connectivity index (χ0n) is 16.1. The first-order valence-corrected chi connectivity index (χ1v) is 10.3. The number of thiophene rings is 1. The first kappa shape index (κ1) is 18.0. The van der Waals surface area contributed by atoms with Crippen LogP contribution in [0.3, 0.4) is 0 Å². The third-order valence-corrected chi connectivity index (χ3v) is 6.87. The number of hydrogen-bond acceptors (Lipinski definition) is 4. The van der Waals surface area contributed by atoms with Crippen molar-refractivity contribution >= 4 is 29.1 Å². The molecule has 1 amide bonds. The second-order valence-corrected chi connectivity index (χ2v) is 8.88. The molecule has 0 atom stereocenters. The fourth-order valence-electron chi connectivity index (χ4n) is 4.16. The highest BCUT2D eigenvalue weighted by atomic mass is 32.1. The van der Waals surface area contributed by atoms with Gasteiger partial charge in [0.15, 0.2) is 0 Å². The van der Waals surface area contributed by atoms with Gasteiger partial charge in [0.25, 0.3) is 5.91 Å². The summed E-state index contributed by atoms with van der Waals surface area (Å²) in [6, 6.07) is 10.5. The van der Waals surface area contributed by atoms with Crippen LogP contribution in [0.25, 0.3) is 0 Å². The van der Waals surface area contributed by atoms with E-state index in [0.717, 1.165) is 23.4 Å². The fourth-order valence-corrected chi connectivity index (χ4v) is 5.31. The van der Waals surface area contributed by atoms with Crippen molar-refractivity contribution in [2.45, 2.75) is 44.9 Å². The largest absolute Gasteiger partial charge is 0.347 e. The zero-order valence-corrected chi connectivity index (χ0v) is 16.9. The quantitative estimate of drug-likeness (QED) is 0.623. The minimum Gasteiger partial charge on any atom is -0.347 e. The fraction of sp³-hybridized carbons (Fsp3) is 0.364. The zero-order chi connectivity index (χ0) is 19.0. The van der Waals surface area contributed by atoms with Crippen LogP contribution in [0.4, 0.5) is 5.69 Å². The molecule has 0 radical (unpaired) electrons. The highest BCUT2D eigenvalue weighted by molar-refractivity contribution is 7.14. The summed E-state index contributed by atoms with van der Waals surface area (Å²) in [5, 5.41) is 4.16. The normalized spacial score (nSPS) is 19.4. The number of aryl methyl sites for hydroxylation is 2. The van der Waals surface area contributed by atoms with Crippen molar-refractivity contribution < 1.29 is 4.79 Å². The van der Waals surface area contributed by atoms with Gasteiger partial charge in [-0.05, 0) is 55.0 Å². The molecule has 1 aliphatic carbocycles. The molecule has 0 fully saturated rings. The van der Waals surface area contributed by atoms with E-state index in [9.17, 15) is 4.79 Å². The topological polar surface area (TPSA) is 44.7 Å². The lowest BCUT2D eigenvalue weighted by atomic mass is 9.84. The summed E-state index contributed by atoms with van der Waals surface area (Å²) in [6.07, 6.45) is 8.32. The minimum absolute atomic E-state index is 0.0891. The molecule has 2 aromatic rings. The number of anilines is 1. The van der Waals surface area contributed by atoms with Gasteiger partial charge in [0.2, 0.25) is 0 Å². The van der Waals surface area contributed by atoms with Gasteiger partial charge in [-0.2, -0.15) is 5.10 Å². The Hall–Kier alpha value is -2.40. The second-order valence-electron chi connectivity index (χ2n) is 7.74. The van der Waals surface area contributed by atoms with Crippen LogP contribution in [-0.2, 0) is 18.3 Å². The van der Waals surface area contributed by atoms with Crippen molar-refractivity contribution in [3.05, 3.63) is 63.0 Å². The van der Waals surface area contributed by atoms with Crippen molar-refractivity contribution in [2.75, 3.05) is 11.9 Å². The average Bonchev–Trinajstić information content (AvgIpc) is 3.18. The number of likely N-dealkylation sites (N-methyl/N-ethyl adjacent to an activating group) is 1. The first-order chi connectivity index (χ1) is 13.0. The van der Waals surface area contributed by atoms with Gasteiger partial charge in [0, 0.05) is 34.9 Å². The number of nitrogens with zero attached hydrogens (tertiary/aromatic N) is 2. The van der Waals surface area contributed by atoms with Gasteiger partial charge >= 0.3 is 0 Å². The van der Waals surface area contributed by atoms with E-state index in [0.29, 0.717) is 0 Å². The van der Waals surface area contributed by atoms with Crippen LogP contribution in [0.5, 0.6) is 0 Å². The van der Waals surface area contributed by atoms with Crippen LogP contribution in [0.15, 0.2) is 47.2 Å². The number of allylic oxidation sites excluding steroid dienone is 2. The third-order valence-electron chi connectivity index (χ3n) is 5.63. The molecule has 1 aliphatic heterocycles. The summed E-state index contributed by atoms with van der Waals surface area (Å²) < 4.78 is 0. The summed E-state index contributed by atoms with van der Waals surface area (Å²) >= 11 is 1.61. The number of para-hydroxylation sites is 1. The summed E-state index contributed by atoms with van der Waals surface area (Å²) in [4.78, 5) is 16.7. The van der Waals surface area contributed by atoms with Crippen molar-refractivity contribution in [1.29, 1.82) is 0 Å². The maximum absolute atomic E-state index is 12.4. The number of carbonyl (C=O) groups excluding carboxylic acids is 1. The molecule has 0 saturated carbocycles. The number of rotatable bonds is 3. The molecule has 2 aliphatic rings. The Labute approximate surface area is 164 Å². The lowest BCUT2D eigenvalue weighted by Gasteiger charge is -2.23. The number of hydrogen-bond donors (Lipinski definition) is 1. The van der Waals surface area contributed by atoms with Gasteiger partial charge in [0.05, 0.1) is 4.88 Å². The standard InChI is InChI=1S/C22H25N3OS/c1-22(2)16-9-5-6-10-17(16)25(3)20(22)12-13-23-24-21(26)19-14-15-8-4-7-11-18(15)27-19/h5-6,9-10,12-14H,4,7-8,11H2,1-3H3,(H,24,26)/b20-12+,23-13-. The third kappa shape index (κ3) is 3.21. The van der Waals surface area contributed by atoms with Gasteiger partial charge in [-0.25, -0.2) is 5.43 Å². The van der Waals surface area contributed by atoms with E-state index in [2.05, 4.69) is 60.6 Å². The highest BCUT2D eigenvalue weighted by Gasteiger charge is 2.37. The van der Waals surface area contributed by atoms with Crippen molar-refractivity contribution in [3.8, 4) is 0 Å². The number of nitrogens with one attached hydrogen (secondary N) is 1. The molecule has 1 aromatic carbocycles. The van der Waals surface area contributed by atoms with Crippen LogP contribution in [-0.4, -0.2) is 19.2 Å². The van der Waals surface area contributed by atoms with E-state index in [4.69, 9.17) is 0 Å². The molecule has 4 nitrogen and oxygen atoms in total. The first-order valence-electron chi connectivity index (χ1n) is 9.47. The molecule has 1 N–H and O–H groups in total. The van der Waals surface area contributed by atoms with Gasteiger partial charge in [-0.1, -0.05) is 32.0 Å². The molecule has 27 heavy (non-hydrogen) atoms. The molecule has 140 valence electrons. The average molecular weight is 380 g/mol. The lowest BCUT2D eigenvalue weighted by Crippen LogP contribution is -2.23. The molecule has 0 saturated heterocycles. The minimum atomic E-state index is -0.119. The Kier molecular flexibility index (Phi) is 4.64. The monoisotopic (exact) mass is 379 g/mol.